The fourth-order valence-corrected chi connectivity index (χ4v) is 4.63. The van der Waals surface area contributed by atoms with Crippen LogP contribution in [0, 0.1) is 0 Å². The van der Waals surface area contributed by atoms with Crippen molar-refractivity contribution >= 4 is 22.3 Å². The average Bonchev–Trinajstić information content (AvgIpc) is 2.66. The number of carbonyl (C=O) groups is 2. The molecule has 2 aromatic carbocycles. The van der Waals surface area contributed by atoms with Gasteiger partial charge in [0.15, 0.2) is 11.6 Å². The van der Waals surface area contributed by atoms with Gasteiger partial charge in [0.1, 0.15) is 11.5 Å². The molecule has 0 saturated heterocycles. The molecular weight excluding hydrogens is 324 g/mol. The van der Waals surface area contributed by atoms with Gasteiger partial charge < -0.3 is 4.74 Å². The summed E-state index contributed by atoms with van der Waals surface area (Å²) in [6.07, 6.45) is 4.31. The highest BCUT2D eigenvalue weighted by Gasteiger charge is 2.42. The number of carbonyl (C=O) groups excluding carboxylic acids is 2. The van der Waals surface area contributed by atoms with E-state index < -0.39 is 0 Å². The Bertz CT molecular complexity index is 962. The van der Waals surface area contributed by atoms with Gasteiger partial charge in [0.05, 0.1) is 0 Å². The molecule has 130 valence electrons. The summed E-state index contributed by atoms with van der Waals surface area (Å²) in [4.78, 5) is 25.7. The summed E-state index contributed by atoms with van der Waals surface area (Å²) < 4.78 is 6.12. The number of allylic oxidation sites excluding steroid dienone is 4. The van der Waals surface area contributed by atoms with Crippen molar-refractivity contribution in [3.63, 3.8) is 0 Å². The van der Waals surface area contributed by atoms with E-state index in [0.29, 0.717) is 12.8 Å². The summed E-state index contributed by atoms with van der Waals surface area (Å²) in [7, 11) is 0. The van der Waals surface area contributed by atoms with Crippen LogP contribution in [0.5, 0.6) is 0 Å². The van der Waals surface area contributed by atoms with E-state index in [4.69, 9.17) is 4.74 Å². The molecule has 0 spiro atoms. The third-order valence-corrected chi connectivity index (χ3v) is 5.78. The van der Waals surface area contributed by atoms with E-state index >= 15 is 0 Å². The zero-order valence-corrected chi connectivity index (χ0v) is 14.6. The molecule has 0 fully saturated rings. The normalized spacial score (nSPS) is 20.9. The Morgan fingerprint density at radius 1 is 0.731 bits per heavy atom. The molecule has 0 amide bonds. The molecule has 0 saturated carbocycles. The Hall–Kier alpha value is -2.68. The average molecular weight is 344 g/mol. The number of ether oxygens (including phenoxy) is 1. The van der Waals surface area contributed by atoms with Crippen LogP contribution in [0.15, 0.2) is 65.1 Å². The predicted molar refractivity (Wildman–Crippen MR) is 99.5 cm³/mol. The van der Waals surface area contributed by atoms with E-state index in [0.717, 1.165) is 64.7 Å². The van der Waals surface area contributed by atoms with Crippen LogP contribution < -0.4 is 0 Å². The molecule has 2 aliphatic carbocycles. The van der Waals surface area contributed by atoms with Crippen molar-refractivity contribution < 1.29 is 14.3 Å². The zero-order chi connectivity index (χ0) is 17.7. The zero-order valence-electron chi connectivity index (χ0n) is 14.6. The number of ketones is 2. The van der Waals surface area contributed by atoms with Crippen molar-refractivity contribution in [3.05, 3.63) is 70.7 Å². The smallest absolute Gasteiger partial charge is 0.163 e. The minimum absolute atomic E-state index is 0.133. The maximum absolute atomic E-state index is 12.9. The van der Waals surface area contributed by atoms with Crippen LogP contribution in [-0.2, 0) is 14.3 Å². The van der Waals surface area contributed by atoms with Crippen molar-refractivity contribution in [1.82, 2.24) is 0 Å². The molecular formula is C23H20O3. The molecule has 3 nitrogen and oxygen atoms in total. The molecule has 1 aliphatic heterocycles. The third-order valence-electron chi connectivity index (χ3n) is 5.78. The van der Waals surface area contributed by atoms with Gasteiger partial charge in [-0.2, -0.15) is 0 Å². The molecule has 26 heavy (non-hydrogen) atoms. The van der Waals surface area contributed by atoms with Crippen molar-refractivity contribution in [3.8, 4) is 0 Å². The lowest BCUT2D eigenvalue weighted by Gasteiger charge is -2.36. The second-order valence-corrected chi connectivity index (χ2v) is 7.33. The van der Waals surface area contributed by atoms with Gasteiger partial charge >= 0.3 is 0 Å². The third kappa shape index (κ3) is 2.27. The summed E-state index contributed by atoms with van der Waals surface area (Å²) in [6.45, 7) is 0. The molecule has 3 aliphatic rings. The summed E-state index contributed by atoms with van der Waals surface area (Å²) in [6, 6.07) is 14.4. The number of Topliss-reactive ketones (excluding diaryl/α,β-unsaturated/α-hetero) is 2. The Morgan fingerprint density at radius 2 is 1.35 bits per heavy atom. The molecule has 0 radical (unpaired) electrons. The number of hydrogen-bond acceptors (Lipinski definition) is 3. The Morgan fingerprint density at radius 3 is 2.04 bits per heavy atom. The maximum Gasteiger partial charge on any atom is 0.163 e. The van der Waals surface area contributed by atoms with Gasteiger partial charge in [0.2, 0.25) is 0 Å². The van der Waals surface area contributed by atoms with Crippen molar-refractivity contribution in [2.24, 2.45) is 0 Å². The highest BCUT2D eigenvalue weighted by Crippen LogP contribution is 2.48. The van der Waals surface area contributed by atoms with E-state index in [-0.39, 0.29) is 17.5 Å². The SMILES string of the molecule is O=C1CCCC2=C1C(c1cccc3ccccc13)C1=C(CCCC1=O)O2. The van der Waals surface area contributed by atoms with E-state index in [1.807, 2.05) is 18.2 Å². The molecule has 2 aromatic rings. The van der Waals surface area contributed by atoms with E-state index in [9.17, 15) is 9.59 Å². The molecule has 0 unspecified atom stereocenters. The van der Waals surface area contributed by atoms with E-state index in [2.05, 4.69) is 24.3 Å². The molecule has 0 aromatic heterocycles. The fraction of sp³-hybridized carbons (Fsp3) is 0.304. The van der Waals surface area contributed by atoms with Gasteiger partial charge in [-0.3, -0.25) is 9.59 Å². The minimum atomic E-state index is -0.277. The Kier molecular flexibility index (Phi) is 3.56. The first kappa shape index (κ1) is 15.6. The van der Waals surface area contributed by atoms with Crippen LogP contribution in [0.25, 0.3) is 10.8 Å². The Labute approximate surface area is 152 Å². The first-order valence-electron chi connectivity index (χ1n) is 9.42. The maximum atomic E-state index is 12.9. The number of hydrogen-bond donors (Lipinski definition) is 0. The predicted octanol–water partition coefficient (Wildman–Crippen LogP) is 4.97. The monoisotopic (exact) mass is 344 g/mol. The summed E-state index contributed by atoms with van der Waals surface area (Å²) in [5, 5.41) is 2.24. The topological polar surface area (TPSA) is 43.4 Å². The number of benzene rings is 2. The standard InChI is InChI=1S/C23H20O3/c24-17-10-4-12-19-22(17)21(23-18(25)11-5-13-20(23)26-19)16-9-3-7-14-6-1-2-8-15(14)16/h1-3,6-9,21H,4-5,10-13H2. The van der Waals surface area contributed by atoms with E-state index in [1.165, 1.54) is 0 Å². The first-order chi connectivity index (χ1) is 12.7. The molecule has 0 bridgehead atoms. The van der Waals surface area contributed by atoms with Crippen LogP contribution in [0.2, 0.25) is 0 Å². The summed E-state index contributed by atoms with van der Waals surface area (Å²) in [5.41, 5.74) is 2.50. The van der Waals surface area contributed by atoms with Gasteiger partial charge in [-0.25, -0.2) is 0 Å². The van der Waals surface area contributed by atoms with Gasteiger partial charge in [0.25, 0.3) is 0 Å². The Balaban J connectivity index is 1.80. The van der Waals surface area contributed by atoms with Gasteiger partial charge in [-0.1, -0.05) is 42.5 Å². The van der Waals surface area contributed by atoms with Crippen LogP contribution in [-0.4, -0.2) is 11.6 Å². The molecule has 5 rings (SSSR count). The molecule has 0 N–H and O–H groups in total. The van der Waals surface area contributed by atoms with Gasteiger partial charge in [-0.05, 0) is 29.2 Å². The number of fused-ring (bicyclic) bond motifs is 1. The van der Waals surface area contributed by atoms with Crippen LogP contribution in [0.4, 0.5) is 0 Å². The first-order valence-corrected chi connectivity index (χ1v) is 9.42. The highest BCUT2D eigenvalue weighted by molar-refractivity contribution is 6.07. The van der Waals surface area contributed by atoms with Crippen LogP contribution in [0.3, 0.4) is 0 Å². The molecule has 3 heteroatoms. The lowest BCUT2D eigenvalue weighted by Crippen LogP contribution is -2.30. The summed E-state index contributed by atoms with van der Waals surface area (Å²) in [5.74, 6) is 1.59. The van der Waals surface area contributed by atoms with Gasteiger partial charge in [0, 0.05) is 42.7 Å². The van der Waals surface area contributed by atoms with Crippen molar-refractivity contribution in [1.29, 1.82) is 0 Å². The lowest BCUT2D eigenvalue weighted by molar-refractivity contribution is -0.117. The molecule has 1 heterocycles. The van der Waals surface area contributed by atoms with Crippen LogP contribution in [0.1, 0.15) is 50.0 Å². The van der Waals surface area contributed by atoms with Crippen molar-refractivity contribution in [2.75, 3.05) is 0 Å². The summed E-state index contributed by atoms with van der Waals surface area (Å²) >= 11 is 0. The second-order valence-electron chi connectivity index (χ2n) is 7.33. The molecule has 0 atom stereocenters. The highest BCUT2D eigenvalue weighted by atomic mass is 16.5. The van der Waals surface area contributed by atoms with E-state index in [1.54, 1.807) is 0 Å². The fourth-order valence-electron chi connectivity index (χ4n) is 4.63. The second kappa shape index (κ2) is 5.94. The van der Waals surface area contributed by atoms with Crippen molar-refractivity contribution in [2.45, 2.75) is 44.4 Å². The quantitative estimate of drug-likeness (QED) is 0.734. The number of rotatable bonds is 1. The largest absolute Gasteiger partial charge is 0.465 e. The van der Waals surface area contributed by atoms with Crippen LogP contribution >= 0.6 is 0 Å². The minimum Gasteiger partial charge on any atom is -0.465 e. The van der Waals surface area contributed by atoms with Gasteiger partial charge in [-0.15, -0.1) is 0 Å². The lowest BCUT2D eigenvalue weighted by atomic mass is 9.72.